The van der Waals surface area contributed by atoms with E-state index in [4.69, 9.17) is 34.1 Å². The molecule has 0 unspecified atom stereocenters. The number of nitrogens with zero attached hydrogens (tertiary/aromatic N) is 4. The lowest BCUT2D eigenvalue weighted by Gasteiger charge is -2.06. The summed E-state index contributed by atoms with van der Waals surface area (Å²) in [4.78, 5) is 11.0. The third-order valence-electron chi connectivity index (χ3n) is 4.62. The molecule has 8 N–H and O–H groups in total. The molecule has 10 heteroatoms. The van der Waals surface area contributed by atoms with Crippen LogP contribution in [-0.2, 0) is 0 Å². The molecule has 10 nitrogen and oxygen atoms in total. The van der Waals surface area contributed by atoms with Crippen molar-refractivity contribution in [1.82, 2.24) is 10.7 Å². The van der Waals surface area contributed by atoms with Crippen molar-refractivity contribution < 1.29 is 0 Å². The molecule has 172 valence electrons. The predicted octanol–water partition coefficient (Wildman–Crippen LogP) is 3.22. The Bertz CT molecular complexity index is 598. The first kappa shape index (κ1) is 27.9. The number of nitriles is 1. The number of hydrogen-bond donors (Lipinski definition) is 6. The van der Waals surface area contributed by atoms with Gasteiger partial charge in [0.05, 0.1) is 0 Å². The molecule has 0 saturated heterocycles. The molecule has 31 heavy (non-hydrogen) atoms. The fourth-order valence-electron chi connectivity index (χ4n) is 2.98. The zero-order valence-electron chi connectivity index (χ0n) is 18.6. The standard InChI is InChI=1S/C21H38N10/c1-27-31-21(26)29-15-11-7-3-5-9-13-19(24)16-18(23)12-8-4-2-6-10-14-28-20(25)30-17-22/h23-24H,2-16H2,(H3,25,28,30)(H3,26,29,31). The highest BCUT2D eigenvalue weighted by molar-refractivity contribution is 6.01. The van der Waals surface area contributed by atoms with Crippen LogP contribution >= 0.6 is 0 Å². The van der Waals surface area contributed by atoms with Gasteiger partial charge in [0, 0.05) is 30.9 Å². The largest absolute Gasteiger partial charge is 0.369 e. The fourth-order valence-corrected chi connectivity index (χ4v) is 2.98. The van der Waals surface area contributed by atoms with Gasteiger partial charge >= 0.3 is 0 Å². The highest BCUT2D eigenvalue weighted by Gasteiger charge is 2.03. The third-order valence-corrected chi connectivity index (χ3v) is 4.62. The van der Waals surface area contributed by atoms with Crippen molar-refractivity contribution in [3.8, 4) is 6.19 Å². The average Bonchev–Trinajstić information content (AvgIpc) is 2.72. The second-order valence-corrected chi connectivity index (χ2v) is 7.41. The van der Waals surface area contributed by atoms with Crippen LogP contribution in [0.3, 0.4) is 0 Å². The smallest absolute Gasteiger partial charge is 0.259 e. The molecule has 0 fully saturated rings. The summed E-state index contributed by atoms with van der Waals surface area (Å²) in [5.41, 5.74) is 14.5. The second kappa shape index (κ2) is 20.1. The Kier molecular flexibility index (Phi) is 18.1. The summed E-state index contributed by atoms with van der Waals surface area (Å²) in [5, 5.41) is 26.8. The van der Waals surface area contributed by atoms with Crippen LogP contribution in [0.5, 0.6) is 0 Å². The van der Waals surface area contributed by atoms with Gasteiger partial charge in [-0.3, -0.25) is 10.3 Å². The van der Waals surface area contributed by atoms with Crippen molar-refractivity contribution >= 4 is 23.3 Å². The van der Waals surface area contributed by atoms with Crippen LogP contribution < -0.4 is 22.2 Å². The maximum atomic E-state index is 8.39. The van der Waals surface area contributed by atoms with Gasteiger partial charge < -0.3 is 22.3 Å². The second-order valence-electron chi connectivity index (χ2n) is 7.41. The van der Waals surface area contributed by atoms with Crippen LogP contribution in [0.1, 0.15) is 83.5 Å². The fraction of sp³-hybridized carbons (Fsp3) is 0.714. The van der Waals surface area contributed by atoms with E-state index in [2.05, 4.69) is 25.7 Å². The van der Waals surface area contributed by atoms with Gasteiger partial charge in [0.1, 0.15) is 0 Å². The summed E-state index contributed by atoms with van der Waals surface area (Å²) < 4.78 is 0. The molecular weight excluding hydrogens is 392 g/mol. The van der Waals surface area contributed by atoms with E-state index >= 15 is 0 Å². The van der Waals surface area contributed by atoms with Crippen LogP contribution in [0, 0.1) is 28.8 Å². The summed E-state index contributed by atoms with van der Waals surface area (Å²) >= 11 is 0. The van der Waals surface area contributed by atoms with Gasteiger partial charge in [-0.25, -0.2) is 4.99 Å². The zero-order valence-corrected chi connectivity index (χ0v) is 18.6. The van der Waals surface area contributed by atoms with Gasteiger partial charge in [0.15, 0.2) is 6.19 Å². The van der Waals surface area contributed by atoms with Crippen molar-refractivity contribution in [2.45, 2.75) is 83.5 Å². The van der Waals surface area contributed by atoms with Crippen LogP contribution in [0.4, 0.5) is 0 Å². The Morgan fingerprint density at radius 2 is 1.26 bits per heavy atom. The molecule has 0 rings (SSSR count). The highest BCUT2D eigenvalue weighted by atomic mass is 15.3. The van der Waals surface area contributed by atoms with Gasteiger partial charge in [0.2, 0.25) is 5.96 Å². The Hall–Kier alpha value is -3.14. The zero-order chi connectivity index (χ0) is 23.2. The lowest BCUT2D eigenvalue weighted by atomic mass is 10.0. The first-order chi connectivity index (χ1) is 15.0. The Balaban J connectivity index is 3.53. The van der Waals surface area contributed by atoms with Crippen molar-refractivity contribution in [2.24, 2.45) is 21.5 Å². The van der Waals surface area contributed by atoms with E-state index in [1.165, 1.54) is 0 Å². The summed E-state index contributed by atoms with van der Waals surface area (Å²) in [6.07, 6.45) is 14.1. The Morgan fingerprint density at radius 3 is 1.74 bits per heavy atom. The summed E-state index contributed by atoms with van der Waals surface area (Å²) in [7, 11) is 0. The molecule has 0 spiro atoms. The number of hydrogen-bond acceptors (Lipinski definition) is 5. The lowest BCUT2D eigenvalue weighted by molar-refractivity contribution is 0.624. The minimum Gasteiger partial charge on any atom is -0.369 e. The van der Waals surface area contributed by atoms with E-state index in [-0.39, 0.29) is 11.9 Å². The van der Waals surface area contributed by atoms with Crippen LogP contribution in [0.15, 0.2) is 9.98 Å². The minimum absolute atomic E-state index is 0.167. The van der Waals surface area contributed by atoms with Crippen LogP contribution in [0.2, 0.25) is 0 Å². The van der Waals surface area contributed by atoms with Crippen LogP contribution in [0.25, 0.3) is 4.95 Å². The first-order valence-corrected chi connectivity index (χ1v) is 11.0. The van der Waals surface area contributed by atoms with Crippen molar-refractivity contribution in [3.63, 3.8) is 0 Å². The molecule has 0 aromatic rings. The van der Waals surface area contributed by atoms with E-state index < -0.39 is 0 Å². The van der Waals surface area contributed by atoms with Crippen molar-refractivity contribution in [2.75, 3.05) is 13.1 Å². The highest BCUT2D eigenvalue weighted by Crippen LogP contribution is 2.10. The number of unbranched alkanes of at least 4 members (excludes halogenated alkanes) is 8. The third kappa shape index (κ3) is 19.9. The van der Waals surface area contributed by atoms with E-state index in [1.807, 2.05) is 0 Å². The average molecular weight is 431 g/mol. The SMILES string of the molecule is [C-]#[N+]NC(N)=NCCCCCCCC(=N)CC(=N)CCCCCCCN=C(N)NC#N. The first-order valence-electron chi connectivity index (χ1n) is 11.0. The molecule has 0 aliphatic carbocycles. The van der Waals surface area contributed by atoms with Gasteiger partial charge in [0.25, 0.3) is 5.96 Å². The van der Waals surface area contributed by atoms with E-state index in [0.717, 1.165) is 77.0 Å². The maximum absolute atomic E-state index is 8.39. The molecule has 0 amide bonds. The summed E-state index contributed by atoms with van der Waals surface area (Å²) in [6, 6.07) is 0. The number of aliphatic imine (C=N–C) groups is 2. The molecule has 0 aromatic carbocycles. The van der Waals surface area contributed by atoms with E-state index in [0.29, 0.717) is 30.9 Å². The number of nitrogens with two attached hydrogens (primary N) is 2. The molecular formula is C21H38N10. The molecule has 0 heterocycles. The van der Waals surface area contributed by atoms with Crippen molar-refractivity contribution in [3.05, 3.63) is 11.5 Å². The molecule has 0 atom stereocenters. The monoisotopic (exact) mass is 430 g/mol. The normalized spacial score (nSPS) is 11.4. The number of rotatable bonds is 18. The molecule has 0 aromatic heterocycles. The van der Waals surface area contributed by atoms with Crippen LogP contribution in [-0.4, -0.2) is 36.4 Å². The minimum atomic E-state index is 0.167. The number of guanidine groups is 2. The van der Waals surface area contributed by atoms with Crippen molar-refractivity contribution in [1.29, 1.82) is 16.1 Å². The Labute approximate surface area is 186 Å². The van der Waals surface area contributed by atoms with Gasteiger partial charge in [-0.1, -0.05) is 44.0 Å². The lowest BCUT2D eigenvalue weighted by Crippen LogP contribution is -2.27. The predicted molar refractivity (Wildman–Crippen MR) is 127 cm³/mol. The van der Waals surface area contributed by atoms with Gasteiger partial charge in [-0.15, -0.1) is 0 Å². The topological polar surface area (TPSA) is 177 Å². The van der Waals surface area contributed by atoms with E-state index in [1.54, 1.807) is 6.19 Å². The molecule has 0 aliphatic rings. The molecule has 0 radical (unpaired) electrons. The van der Waals surface area contributed by atoms with Gasteiger partial charge in [-0.2, -0.15) is 16.8 Å². The Morgan fingerprint density at radius 1 is 0.806 bits per heavy atom. The molecule has 0 saturated carbocycles. The quantitative estimate of drug-likeness (QED) is 0.0371. The van der Waals surface area contributed by atoms with E-state index in [9.17, 15) is 0 Å². The maximum Gasteiger partial charge on any atom is 0.259 e. The molecule has 0 aliphatic heterocycles. The summed E-state index contributed by atoms with van der Waals surface area (Å²) in [6.45, 7) is 7.85. The molecule has 0 bridgehead atoms. The van der Waals surface area contributed by atoms with Gasteiger partial charge in [-0.05, 0) is 38.5 Å². The summed E-state index contributed by atoms with van der Waals surface area (Å²) in [5.74, 6) is 0.341. The number of nitrogens with one attached hydrogen (secondary N) is 4.